The maximum atomic E-state index is 11.5. The highest BCUT2D eigenvalue weighted by molar-refractivity contribution is 5.80. The quantitative estimate of drug-likeness (QED) is 0.587. The fourth-order valence-corrected chi connectivity index (χ4v) is 3.38. The van der Waals surface area contributed by atoms with Gasteiger partial charge < -0.3 is 24.8 Å². The number of carbonyl (C=O) groups excluding carboxylic acids is 1. The molecule has 2 fully saturated rings. The number of likely N-dealkylation sites (N-methyl/N-ethyl adjacent to an activating group) is 1. The molecule has 2 aliphatic heterocycles. The van der Waals surface area contributed by atoms with Crippen molar-refractivity contribution in [2.75, 3.05) is 66.6 Å². The fourth-order valence-electron chi connectivity index (χ4n) is 3.38. The molecule has 0 saturated carbocycles. The number of piperazine rings is 1. The van der Waals surface area contributed by atoms with Crippen LogP contribution in [0.5, 0.6) is 0 Å². The average molecular weight is 339 g/mol. The van der Waals surface area contributed by atoms with Crippen molar-refractivity contribution in [3.63, 3.8) is 0 Å². The van der Waals surface area contributed by atoms with Crippen molar-refractivity contribution in [3.05, 3.63) is 0 Å². The Morgan fingerprint density at radius 2 is 1.75 bits per heavy atom. The van der Waals surface area contributed by atoms with E-state index in [-0.39, 0.29) is 11.4 Å². The van der Waals surface area contributed by atoms with Crippen LogP contribution in [0.15, 0.2) is 4.99 Å². The maximum Gasteiger partial charge on any atom is 0.219 e. The first-order valence-corrected chi connectivity index (χ1v) is 9.02. The highest BCUT2D eigenvalue weighted by Gasteiger charge is 2.35. The summed E-state index contributed by atoms with van der Waals surface area (Å²) in [6, 6.07) is 0. The van der Waals surface area contributed by atoms with E-state index in [4.69, 9.17) is 9.73 Å². The Hall–Kier alpha value is -1.34. The summed E-state index contributed by atoms with van der Waals surface area (Å²) in [7, 11) is 4.28. The molecule has 0 bridgehead atoms. The second kappa shape index (κ2) is 8.67. The van der Waals surface area contributed by atoms with Crippen molar-refractivity contribution < 1.29 is 9.53 Å². The van der Waals surface area contributed by atoms with Gasteiger partial charge in [-0.05, 0) is 33.9 Å². The van der Waals surface area contributed by atoms with Crippen LogP contribution in [-0.4, -0.2) is 98.7 Å². The number of carbonyl (C=O) groups is 1. The molecular weight excluding hydrogens is 306 g/mol. The van der Waals surface area contributed by atoms with E-state index < -0.39 is 0 Å². The summed E-state index contributed by atoms with van der Waals surface area (Å²) in [6.07, 6.45) is 2.03. The Labute approximate surface area is 146 Å². The molecule has 2 saturated heterocycles. The number of rotatable bonds is 4. The van der Waals surface area contributed by atoms with Crippen molar-refractivity contribution in [2.24, 2.45) is 4.99 Å². The van der Waals surface area contributed by atoms with Gasteiger partial charge in [-0.15, -0.1) is 0 Å². The maximum absolute atomic E-state index is 11.5. The van der Waals surface area contributed by atoms with Crippen LogP contribution in [0.3, 0.4) is 0 Å². The van der Waals surface area contributed by atoms with Gasteiger partial charge in [0.05, 0.1) is 6.54 Å². The van der Waals surface area contributed by atoms with Crippen LogP contribution in [0.4, 0.5) is 0 Å². The number of hydrogen-bond donors (Lipinski definition) is 1. The van der Waals surface area contributed by atoms with Crippen LogP contribution < -0.4 is 5.32 Å². The van der Waals surface area contributed by atoms with E-state index >= 15 is 0 Å². The zero-order chi connectivity index (χ0) is 17.6. The van der Waals surface area contributed by atoms with Gasteiger partial charge in [0.1, 0.15) is 0 Å². The largest absolute Gasteiger partial charge is 0.381 e. The van der Waals surface area contributed by atoms with Crippen LogP contribution in [0.25, 0.3) is 0 Å². The Balaban J connectivity index is 2.03. The fraction of sp³-hybridized carbons (Fsp3) is 0.882. The number of guanidine groups is 1. The topological polar surface area (TPSA) is 60.4 Å². The van der Waals surface area contributed by atoms with E-state index in [0.717, 1.165) is 71.3 Å². The highest BCUT2D eigenvalue weighted by Crippen LogP contribution is 2.26. The molecule has 138 valence electrons. The minimum absolute atomic E-state index is 0.0835. The first kappa shape index (κ1) is 19.0. The van der Waals surface area contributed by atoms with Gasteiger partial charge in [-0.25, -0.2) is 0 Å². The third-order valence-corrected chi connectivity index (χ3v) is 5.25. The zero-order valence-corrected chi connectivity index (χ0v) is 15.7. The van der Waals surface area contributed by atoms with Gasteiger partial charge in [0, 0.05) is 58.4 Å². The standard InChI is InChI=1S/C17H33N5O2/c1-5-18-16(22-10-8-21(9-11-22)15(2)23)19-14-17(20(3)4)6-12-24-13-7-17/h5-14H2,1-4H3,(H,18,19). The van der Waals surface area contributed by atoms with E-state index in [1.165, 1.54) is 0 Å². The summed E-state index contributed by atoms with van der Waals surface area (Å²) in [4.78, 5) is 22.9. The van der Waals surface area contributed by atoms with Crippen molar-refractivity contribution in [1.29, 1.82) is 0 Å². The van der Waals surface area contributed by atoms with E-state index in [2.05, 4.69) is 36.1 Å². The third-order valence-electron chi connectivity index (χ3n) is 5.25. The summed E-state index contributed by atoms with van der Waals surface area (Å²) in [5, 5.41) is 3.41. The monoisotopic (exact) mass is 339 g/mol. The summed E-state index contributed by atoms with van der Waals surface area (Å²) in [5.41, 5.74) is 0.0835. The molecule has 1 N–H and O–H groups in total. The van der Waals surface area contributed by atoms with Crippen LogP contribution in [-0.2, 0) is 9.53 Å². The lowest BCUT2D eigenvalue weighted by atomic mass is 9.89. The molecular formula is C17H33N5O2. The molecule has 0 aromatic heterocycles. The number of amides is 1. The number of hydrogen-bond acceptors (Lipinski definition) is 4. The summed E-state index contributed by atoms with van der Waals surface area (Å²) >= 11 is 0. The van der Waals surface area contributed by atoms with Crippen molar-refractivity contribution in [3.8, 4) is 0 Å². The van der Waals surface area contributed by atoms with Gasteiger partial charge in [-0.3, -0.25) is 9.79 Å². The van der Waals surface area contributed by atoms with Crippen molar-refractivity contribution in [2.45, 2.75) is 32.2 Å². The molecule has 0 atom stereocenters. The highest BCUT2D eigenvalue weighted by atomic mass is 16.5. The zero-order valence-electron chi connectivity index (χ0n) is 15.7. The van der Waals surface area contributed by atoms with E-state index in [1.54, 1.807) is 6.92 Å². The van der Waals surface area contributed by atoms with Gasteiger partial charge in [-0.2, -0.15) is 0 Å². The van der Waals surface area contributed by atoms with Gasteiger partial charge in [0.2, 0.25) is 5.91 Å². The van der Waals surface area contributed by atoms with Crippen LogP contribution in [0, 0.1) is 0 Å². The molecule has 0 radical (unpaired) electrons. The van der Waals surface area contributed by atoms with Crippen molar-refractivity contribution >= 4 is 11.9 Å². The predicted molar refractivity (Wildman–Crippen MR) is 96.3 cm³/mol. The molecule has 0 unspecified atom stereocenters. The molecule has 7 heteroatoms. The first-order chi connectivity index (χ1) is 11.5. The van der Waals surface area contributed by atoms with Gasteiger partial charge in [0.25, 0.3) is 0 Å². The van der Waals surface area contributed by atoms with E-state index in [1.807, 2.05) is 4.90 Å². The Bertz CT molecular complexity index is 438. The number of ether oxygens (including phenoxy) is 1. The Morgan fingerprint density at radius 1 is 1.17 bits per heavy atom. The SMILES string of the molecule is CCNC(=NCC1(N(C)C)CCOCC1)N1CCN(C(C)=O)CC1. The molecule has 7 nitrogen and oxygen atoms in total. The van der Waals surface area contributed by atoms with Gasteiger partial charge in [-0.1, -0.05) is 0 Å². The number of aliphatic imine (C=N–C) groups is 1. The predicted octanol–water partition coefficient (Wildman–Crippen LogP) is 0.227. The Morgan fingerprint density at radius 3 is 2.25 bits per heavy atom. The number of nitrogens with zero attached hydrogens (tertiary/aromatic N) is 4. The van der Waals surface area contributed by atoms with Gasteiger partial charge >= 0.3 is 0 Å². The molecule has 0 aliphatic carbocycles. The van der Waals surface area contributed by atoms with Crippen LogP contribution in [0.1, 0.15) is 26.7 Å². The first-order valence-electron chi connectivity index (χ1n) is 9.02. The lowest BCUT2D eigenvalue weighted by molar-refractivity contribution is -0.130. The van der Waals surface area contributed by atoms with Crippen LogP contribution >= 0.6 is 0 Å². The molecule has 2 rings (SSSR count). The lowest BCUT2D eigenvalue weighted by Crippen LogP contribution is -2.55. The minimum atomic E-state index is 0.0835. The summed E-state index contributed by atoms with van der Waals surface area (Å²) < 4.78 is 5.54. The van der Waals surface area contributed by atoms with Gasteiger partial charge in [0.15, 0.2) is 5.96 Å². The minimum Gasteiger partial charge on any atom is -0.381 e. The smallest absolute Gasteiger partial charge is 0.219 e. The molecule has 0 spiro atoms. The molecule has 2 aliphatic rings. The molecule has 24 heavy (non-hydrogen) atoms. The molecule has 0 aromatic rings. The normalized spacial score (nSPS) is 22.0. The summed E-state index contributed by atoms with van der Waals surface area (Å²) in [6.45, 7) is 10.2. The molecule has 0 aromatic carbocycles. The second-order valence-corrected chi connectivity index (χ2v) is 6.89. The second-order valence-electron chi connectivity index (χ2n) is 6.89. The lowest BCUT2D eigenvalue weighted by Gasteiger charge is -2.42. The molecule has 1 amide bonds. The summed E-state index contributed by atoms with van der Waals surface area (Å²) in [5.74, 6) is 1.12. The van der Waals surface area contributed by atoms with E-state index in [0.29, 0.717) is 0 Å². The van der Waals surface area contributed by atoms with Crippen LogP contribution in [0.2, 0.25) is 0 Å². The third kappa shape index (κ3) is 4.60. The Kier molecular flexibility index (Phi) is 6.86. The van der Waals surface area contributed by atoms with E-state index in [9.17, 15) is 4.79 Å². The number of nitrogens with one attached hydrogen (secondary N) is 1. The van der Waals surface area contributed by atoms with Crippen molar-refractivity contribution in [1.82, 2.24) is 20.0 Å². The average Bonchev–Trinajstić information content (AvgIpc) is 2.59. The molecule has 2 heterocycles.